The van der Waals surface area contributed by atoms with Crippen LogP contribution in [0.2, 0.25) is 0 Å². The Bertz CT molecular complexity index is 366. The molecule has 1 aromatic carbocycles. The second-order valence-electron chi connectivity index (χ2n) is 4.20. The Balaban J connectivity index is 3.19. The van der Waals surface area contributed by atoms with E-state index in [1.54, 1.807) is 26.8 Å². The summed E-state index contributed by atoms with van der Waals surface area (Å²) in [5.74, 6) is -0.649. The molecule has 0 radical (unpaired) electrons. The van der Waals surface area contributed by atoms with Gasteiger partial charge in [0.2, 0.25) is 0 Å². The molecule has 14 heavy (non-hydrogen) atoms. The van der Waals surface area contributed by atoms with Crippen LogP contribution < -0.4 is 0 Å². The molecule has 0 bridgehead atoms. The molecular weight excluding hydrogens is 247 g/mol. The number of ketones is 1. The summed E-state index contributed by atoms with van der Waals surface area (Å²) in [6, 6.07) is 4.39. The van der Waals surface area contributed by atoms with E-state index >= 15 is 0 Å². The highest BCUT2D eigenvalue weighted by Gasteiger charge is 2.25. The van der Waals surface area contributed by atoms with Crippen molar-refractivity contribution in [1.82, 2.24) is 0 Å². The molecule has 76 valence electrons. The first-order chi connectivity index (χ1) is 6.32. The molecule has 0 aliphatic carbocycles. The molecule has 1 aromatic rings. The Morgan fingerprint density at radius 1 is 1.36 bits per heavy atom. The number of benzene rings is 1. The lowest BCUT2D eigenvalue weighted by molar-refractivity contribution is 0.0854. The summed E-state index contributed by atoms with van der Waals surface area (Å²) in [6.45, 7) is 5.32. The molecule has 1 rings (SSSR count). The van der Waals surface area contributed by atoms with Crippen LogP contribution in [0.15, 0.2) is 22.7 Å². The summed E-state index contributed by atoms with van der Waals surface area (Å²) in [6.07, 6.45) is 0. The number of hydrogen-bond acceptors (Lipinski definition) is 1. The van der Waals surface area contributed by atoms with Gasteiger partial charge < -0.3 is 0 Å². The Kier molecular flexibility index (Phi) is 3.10. The van der Waals surface area contributed by atoms with Crippen molar-refractivity contribution >= 4 is 21.7 Å². The van der Waals surface area contributed by atoms with Gasteiger partial charge in [-0.05, 0) is 18.2 Å². The van der Waals surface area contributed by atoms with Gasteiger partial charge in [-0.1, -0.05) is 36.7 Å². The lowest BCUT2D eigenvalue weighted by Crippen LogP contribution is -2.21. The first-order valence-corrected chi connectivity index (χ1v) is 5.11. The molecule has 0 spiro atoms. The summed E-state index contributed by atoms with van der Waals surface area (Å²) in [7, 11) is 0. The molecular formula is C11H12BrFO. The van der Waals surface area contributed by atoms with Crippen LogP contribution in [0.4, 0.5) is 4.39 Å². The maximum atomic E-state index is 13.3. The number of carbonyl (C=O) groups excluding carboxylic acids is 1. The zero-order valence-electron chi connectivity index (χ0n) is 8.40. The zero-order chi connectivity index (χ0) is 10.9. The highest BCUT2D eigenvalue weighted by atomic mass is 79.9. The molecule has 0 aliphatic rings. The molecule has 3 heteroatoms. The normalized spacial score (nSPS) is 11.5. The molecule has 0 heterocycles. The largest absolute Gasteiger partial charge is 0.293 e. The van der Waals surface area contributed by atoms with E-state index in [4.69, 9.17) is 0 Å². The third kappa shape index (κ3) is 2.41. The highest BCUT2D eigenvalue weighted by molar-refractivity contribution is 9.10. The van der Waals surface area contributed by atoms with Gasteiger partial charge in [-0.3, -0.25) is 4.79 Å². The lowest BCUT2D eigenvalue weighted by Gasteiger charge is -2.17. The Morgan fingerprint density at radius 2 is 1.93 bits per heavy atom. The van der Waals surface area contributed by atoms with E-state index in [0.29, 0.717) is 4.47 Å². The fraction of sp³-hybridized carbons (Fsp3) is 0.364. The van der Waals surface area contributed by atoms with Gasteiger partial charge in [0.05, 0.1) is 5.56 Å². The summed E-state index contributed by atoms with van der Waals surface area (Å²) in [4.78, 5) is 11.8. The average Bonchev–Trinajstić information content (AvgIpc) is 2.06. The molecule has 0 unspecified atom stereocenters. The summed E-state index contributed by atoms with van der Waals surface area (Å²) < 4.78 is 14.0. The second-order valence-corrected chi connectivity index (χ2v) is 5.12. The van der Waals surface area contributed by atoms with Crippen LogP contribution in [-0.4, -0.2) is 5.78 Å². The summed E-state index contributed by atoms with van der Waals surface area (Å²) in [5, 5.41) is 0. The molecule has 0 aromatic heterocycles. The van der Waals surface area contributed by atoms with E-state index in [0.717, 1.165) is 0 Å². The average molecular weight is 259 g/mol. The van der Waals surface area contributed by atoms with Gasteiger partial charge in [0.25, 0.3) is 0 Å². The van der Waals surface area contributed by atoms with Crippen LogP contribution in [-0.2, 0) is 0 Å². The van der Waals surface area contributed by atoms with Gasteiger partial charge in [0.15, 0.2) is 5.78 Å². The standard InChI is InChI=1S/C11H12BrFO/c1-11(2,3)10(14)8-6-7(12)4-5-9(8)13/h4-6H,1-3H3. The third-order valence-electron chi connectivity index (χ3n) is 1.85. The maximum absolute atomic E-state index is 13.3. The van der Waals surface area contributed by atoms with Crippen LogP contribution in [0.5, 0.6) is 0 Å². The number of halogens is 2. The van der Waals surface area contributed by atoms with Crippen LogP contribution in [0.3, 0.4) is 0 Å². The molecule has 0 aliphatic heterocycles. The molecule has 0 saturated carbocycles. The van der Waals surface area contributed by atoms with Crippen LogP contribution in [0.1, 0.15) is 31.1 Å². The predicted molar refractivity (Wildman–Crippen MR) is 57.9 cm³/mol. The van der Waals surface area contributed by atoms with Crippen molar-refractivity contribution in [3.63, 3.8) is 0 Å². The number of rotatable bonds is 1. The van der Waals surface area contributed by atoms with E-state index in [1.165, 1.54) is 12.1 Å². The van der Waals surface area contributed by atoms with Gasteiger partial charge in [0, 0.05) is 9.89 Å². The number of carbonyl (C=O) groups is 1. The fourth-order valence-corrected chi connectivity index (χ4v) is 1.44. The van der Waals surface area contributed by atoms with E-state index in [-0.39, 0.29) is 11.3 Å². The van der Waals surface area contributed by atoms with Crippen LogP contribution in [0, 0.1) is 11.2 Å². The van der Waals surface area contributed by atoms with Gasteiger partial charge in [-0.25, -0.2) is 4.39 Å². The second kappa shape index (κ2) is 3.81. The van der Waals surface area contributed by atoms with Crippen molar-refractivity contribution < 1.29 is 9.18 Å². The molecule has 0 atom stereocenters. The van der Waals surface area contributed by atoms with Crippen molar-refractivity contribution in [2.45, 2.75) is 20.8 Å². The summed E-state index contributed by atoms with van der Waals surface area (Å²) in [5.41, 5.74) is -0.409. The summed E-state index contributed by atoms with van der Waals surface area (Å²) >= 11 is 3.21. The van der Waals surface area contributed by atoms with Gasteiger partial charge in [0.1, 0.15) is 5.82 Å². The topological polar surface area (TPSA) is 17.1 Å². The minimum Gasteiger partial charge on any atom is -0.293 e. The Hall–Kier alpha value is -0.700. The van der Waals surface area contributed by atoms with Crippen molar-refractivity contribution in [2.24, 2.45) is 5.41 Å². The molecule has 0 saturated heterocycles. The molecule has 0 fully saturated rings. The smallest absolute Gasteiger partial charge is 0.171 e. The fourth-order valence-electron chi connectivity index (χ4n) is 1.08. The first kappa shape index (κ1) is 11.4. The SMILES string of the molecule is CC(C)(C)C(=O)c1cc(Br)ccc1F. The molecule has 0 amide bonds. The highest BCUT2D eigenvalue weighted by Crippen LogP contribution is 2.24. The van der Waals surface area contributed by atoms with E-state index in [2.05, 4.69) is 15.9 Å². The monoisotopic (exact) mass is 258 g/mol. The minimum atomic E-state index is -0.554. The lowest BCUT2D eigenvalue weighted by atomic mass is 9.86. The number of hydrogen-bond donors (Lipinski definition) is 0. The third-order valence-corrected chi connectivity index (χ3v) is 2.35. The Morgan fingerprint density at radius 3 is 2.43 bits per heavy atom. The van der Waals surface area contributed by atoms with Crippen LogP contribution in [0.25, 0.3) is 0 Å². The minimum absolute atomic E-state index is 0.145. The van der Waals surface area contributed by atoms with Crippen molar-refractivity contribution in [2.75, 3.05) is 0 Å². The van der Waals surface area contributed by atoms with Crippen molar-refractivity contribution in [3.8, 4) is 0 Å². The first-order valence-electron chi connectivity index (χ1n) is 4.32. The van der Waals surface area contributed by atoms with E-state index < -0.39 is 11.2 Å². The van der Waals surface area contributed by atoms with Crippen LogP contribution >= 0.6 is 15.9 Å². The van der Waals surface area contributed by atoms with Crippen molar-refractivity contribution in [3.05, 3.63) is 34.1 Å². The van der Waals surface area contributed by atoms with Crippen molar-refractivity contribution in [1.29, 1.82) is 0 Å². The maximum Gasteiger partial charge on any atom is 0.171 e. The van der Waals surface area contributed by atoms with Gasteiger partial charge in [-0.15, -0.1) is 0 Å². The quantitative estimate of drug-likeness (QED) is 0.701. The van der Waals surface area contributed by atoms with Gasteiger partial charge in [-0.2, -0.15) is 0 Å². The van der Waals surface area contributed by atoms with Gasteiger partial charge >= 0.3 is 0 Å². The zero-order valence-corrected chi connectivity index (χ0v) is 9.98. The van der Waals surface area contributed by atoms with E-state index in [9.17, 15) is 9.18 Å². The number of Topliss-reactive ketones (excluding diaryl/α,β-unsaturated/α-hetero) is 1. The molecule has 1 nitrogen and oxygen atoms in total. The predicted octanol–water partition coefficient (Wildman–Crippen LogP) is 3.82. The Labute approximate surface area is 91.5 Å². The van der Waals surface area contributed by atoms with E-state index in [1.807, 2.05) is 0 Å². The molecule has 0 N–H and O–H groups in total.